The molecule has 0 aliphatic carbocycles. The predicted molar refractivity (Wildman–Crippen MR) is 81.8 cm³/mol. The third kappa shape index (κ3) is 4.75. The molecule has 0 aliphatic heterocycles. The maximum atomic E-state index is 11.6. The van der Waals surface area contributed by atoms with Crippen LogP contribution in [-0.2, 0) is 11.3 Å². The Labute approximate surface area is 121 Å². The largest absolute Gasteiger partial charge is 0.372 e. The summed E-state index contributed by atoms with van der Waals surface area (Å²) in [7, 11) is 1.81. The number of nitrogens with zero attached hydrogens (tertiary/aromatic N) is 2. The Morgan fingerprint density at radius 2 is 1.74 bits per heavy atom. The van der Waals surface area contributed by atoms with E-state index in [1.54, 1.807) is 4.90 Å². The van der Waals surface area contributed by atoms with E-state index >= 15 is 0 Å². The van der Waals surface area contributed by atoms with Crippen LogP contribution in [0.1, 0.15) is 25.8 Å². The highest BCUT2D eigenvalue weighted by atomic mass is 35.5. The molecule has 4 heteroatoms. The summed E-state index contributed by atoms with van der Waals surface area (Å²) in [4.78, 5) is 15.7. The van der Waals surface area contributed by atoms with E-state index < -0.39 is 0 Å². The van der Waals surface area contributed by atoms with Gasteiger partial charge in [0.25, 0.3) is 0 Å². The molecule has 0 atom stereocenters. The van der Waals surface area contributed by atoms with E-state index in [0.29, 0.717) is 18.8 Å². The summed E-state index contributed by atoms with van der Waals surface area (Å²) < 4.78 is 0. The van der Waals surface area contributed by atoms with E-state index in [2.05, 4.69) is 43.0 Å². The summed E-state index contributed by atoms with van der Waals surface area (Å²) >= 11 is 5.58. The molecule has 3 nitrogen and oxygen atoms in total. The van der Waals surface area contributed by atoms with Crippen LogP contribution >= 0.6 is 11.6 Å². The molecule has 0 fully saturated rings. The van der Waals surface area contributed by atoms with Gasteiger partial charge in [0.05, 0.1) is 0 Å². The van der Waals surface area contributed by atoms with Crippen molar-refractivity contribution in [1.82, 2.24) is 4.90 Å². The lowest BCUT2D eigenvalue weighted by molar-refractivity contribution is -0.129. The molecule has 1 amide bonds. The number of hydrogen-bond donors (Lipinski definition) is 0. The Balaban J connectivity index is 2.64. The minimum absolute atomic E-state index is 0.0859. The normalized spacial score (nSPS) is 10.3. The summed E-state index contributed by atoms with van der Waals surface area (Å²) in [5, 5.41) is 0. The van der Waals surface area contributed by atoms with E-state index in [9.17, 15) is 4.79 Å². The van der Waals surface area contributed by atoms with Crippen molar-refractivity contribution in [2.24, 2.45) is 0 Å². The Hall–Kier alpha value is -1.22. The van der Waals surface area contributed by atoms with Crippen molar-refractivity contribution in [3.8, 4) is 0 Å². The molecule has 1 rings (SSSR count). The first-order valence-corrected chi connectivity index (χ1v) is 7.29. The molecular weight excluding hydrogens is 260 g/mol. The van der Waals surface area contributed by atoms with Gasteiger partial charge in [-0.2, -0.15) is 0 Å². The van der Waals surface area contributed by atoms with Crippen LogP contribution in [0.25, 0.3) is 0 Å². The molecule has 0 N–H and O–H groups in total. The van der Waals surface area contributed by atoms with E-state index in [-0.39, 0.29) is 5.91 Å². The van der Waals surface area contributed by atoms with E-state index in [4.69, 9.17) is 11.6 Å². The van der Waals surface area contributed by atoms with Crippen molar-refractivity contribution in [2.75, 3.05) is 30.9 Å². The van der Waals surface area contributed by atoms with E-state index in [1.807, 2.05) is 7.05 Å². The molecule has 0 saturated carbocycles. The van der Waals surface area contributed by atoms with E-state index in [1.165, 1.54) is 5.69 Å². The standard InChI is InChI=1S/C15H23ClN2O/c1-4-18(5-2)14-8-6-13(7-9-14)12-17(3)15(19)10-11-16/h6-9H,4-5,10-12H2,1-3H3. The summed E-state index contributed by atoms with van der Waals surface area (Å²) in [5.41, 5.74) is 2.37. The Morgan fingerprint density at radius 1 is 1.16 bits per heavy atom. The van der Waals surface area contributed by atoms with Gasteiger partial charge in [0.1, 0.15) is 0 Å². The molecular formula is C15H23ClN2O. The molecule has 19 heavy (non-hydrogen) atoms. The first-order chi connectivity index (χ1) is 9.12. The molecule has 0 bridgehead atoms. The maximum Gasteiger partial charge on any atom is 0.223 e. The van der Waals surface area contributed by atoms with Crippen LogP contribution in [-0.4, -0.2) is 36.8 Å². The van der Waals surface area contributed by atoms with Crippen LogP contribution in [0.4, 0.5) is 5.69 Å². The van der Waals surface area contributed by atoms with Crippen LogP contribution in [0.5, 0.6) is 0 Å². The molecule has 106 valence electrons. The highest BCUT2D eigenvalue weighted by Crippen LogP contribution is 2.15. The second kappa shape index (κ2) is 8.05. The summed E-state index contributed by atoms with van der Waals surface area (Å²) in [5.74, 6) is 0.465. The average Bonchev–Trinajstić information content (AvgIpc) is 2.42. The lowest BCUT2D eigenvalue weighted by atomic mass is 10.2. The van der Waals surface area contributed by atoms with Gasteiger partial charge in [-0.3, -0.25) is 4.79 Å². The molecule has 0 aromatic heterocycles. The highest BCUT2D eigenvalue weighted by Gasteiger charge is 2.08. The number of halogens is 1. The van der Waals surface area contributed by atoms with Crippen molar-refractivity contribution >= 4 is 23.2 Å². The van der Waals surface area contributed by atoms with Crippen LogP contribution in [0.3, 0.4) is 0 Å². The topological polar surface area (TPSA) is 23.6 Å². The minimum atomic E-state index is 0.0859. The van der Waals surface area contributed by atoms with Gasteiger partial charge in [0.15, 0.2) is 0 Å². The molecule has 0 radical (unpaired) electrons. The molecule has 0 unspecified atom stereocenters. The lowest BCUT2D eigenvalue weighted by Gasteiger charge is -2.22. The first-order valence-electron chi connectivity index (χ1n) is 6.76. The molecule has 0 spiro atoms. The highest BCUT2D eigenvalue weighted by molar-refractivity contribution is 6.18. The van der Waals surface area contributed by atoms with Crippen molar-refractivity contribution in [3.05, 3.63) is 29.8 Å². The van der Waals surface area contributed by atoms with Gasteiger partial charge in [0, 0.05) is 44.7 Å². The molecule has 0 saturated heterocycles. The Kier molecular flexibility index (Phi) is 6.71. The smallest absolute Gasteiger partial charge is 0.223 e. The minimum Gasteiger partial charge on any atom is -0.372 e. The molecule has 0 aliphatic rings. The fourth-order valence-electron chi connectivity index (χ4n) is 2.03. The van der Waals surface area contributed by atoms with Crippen LogP contribution in [0.2, 0.25) is 0 Å². The van der Waals surface area contributed by atoms with Gasteiger partial charge < -0.3 is 9.80 Å². The number of amides is 1. The SMILES string of the molecule is CCN(CC)c1ccc(CN(C)C(=O)CCCl)cc1. The van der Waals surface area contributed by atoms with Gasteiger partial charge >= 0.3 is 0 Å². The Morgan fingerprint density at radius 3 is 2.21 bits per heavy atom. The number of hydrogen-bond acceptors (Lipinski definition) is 2. The number of alkyl halides is 1. The quantitative estimate of drug-likeness (QED) is 0.718. The summed E-state index contributed by atoms with van der Waals surface area (Å²) in [6, 6.07) is 8.39. The van der Waals surface area contributed by atoms with Crippen LogP contribution in [0, 0.1) is 0 Å². The van der Waals surface area contributed by atoms with E-state index in [0.717, 1.165) is 18.7 Å². The zero-order valence-electron chi connectivity index (χ0n) is 12.0. The summed E-state index contributed by atoms with van der Waals surface area (Å²) in [6.45, 7) is 6.94. The number of anilines is 1. The number of carbonyl (C=O) groups is 1. The number of benzene rings is 1. The fraction of sp³-hybridized carbons (Fsp3) is 0.533. The fourth-order valence-corrected chi connectivity index (χ4v) is 2.20. The van der Waals surface area contributed by atoms with Gasteiger partial charge in [-0.25, -0.2) is 0 Å². The predicted octanol–water partition coefficient (Wildman–Crippen LogP) is 3.12. The van der Waals surface area contributed by atoms with Gasteiger partial charge in [0.2, 0.25) is 5.91 Å². The second-order valence-corrected chi connectivity index (χ2v) is 4.91. The zero-order chi connectivity index (χ0) is 14.3. The van der Waals surface area contributed by atoms with Gasteiger partial charge in [-0.1, -0.05) is 12.1 Å². The number of rotatable bonds is 7. The van der Waals surface area contributed by atoms with Crippen LogP contribution in [0.15, 0.2) is 24.3 Å². The average molecular weight is 283 g/mol. The number of carbonyl (C=O) groups excluding carboxylic acids is 1. The monoisotopic (exact) mass is 282 g/mol. The zero-order valence-corrected chi connectivity index (χ0v) is 12.8. The van der Waals surface area contributed by atoms with Gasteiger partial charge in [-0.15, -0.1) is 11.6 Å². The first kappa shape index (κ1) is 15.8. The van der Waals surface area contributed by atoms with Gasteiger partial charge in [-0.05, 0) is 31.5 Å². The second-order valence-electron chi connectivity index (χ2n) is 4.53. The lowest BCUT2D eigenvalue weighted by Crippen LogP contribution is -2.26. The molecule has 1 aromatic rings. The molecule has 0 heterocycles. The van der Waals surface area contributed by atoms with Crippen LogP contribution < -0.4 is 4.90 Å². The van der Waals surface area contributed by atoms with Crippen molar-refractivity contribution < 1.29 is 4.79 Å². The van der Waals surface area contributed by atoms with Crippen molar-refractivity contribution in [1.29, 1.82) is 0 Å². The van der Waals surface area contributed by atoms with Crippen molar-refractivity contribution in [3.63, 3.8) is 0 Å². The van der Waals surface area contributed by atoms with Crippen molar-refractivity contribution in [2.45, 2.75) is 26.8 Å². The summed E-state index contributed by atoms with van der Waals surface area (Å²) in [6.07, 6.45) is 0.398. The Bertz CT molecular complexity index is 388. The third-order valence-electron chi connectivity index (χ3n) is 3.22. The third-order valence-corrected chi connectivity index (χ3v) is 3.41. The maximum absolute atomic E-state index is 11.6. The molecule has 1 aromatic carbocycles.